The minimum atomic E-state index is -0.382. The molecule has 0 spiro atoms. The first-order chi connectivity index (χ1) is 8.81. The van der Waals surface area contributed by atoms with E-state index in [0.29, 0.717) is 25.4 Å². The first kappa shape index (κ1) is 11.4. The Morgan fingerprint density at radius 1 is 1.00 bits per heavy atom. The lowest BCUT2D eigenvalue weighted by molar-refractivity contribution is -0.0593. The molecule has 0 aliphatic carbocycles. The van der Waals surface area contributed by atoms with Crippen molar-refractivity contribution >= 4 is 0 Å². The van der Waals surface area contributed by atoms with Gasteiger partial charge in [-0.25, -0.2) is 4.39 Å². The van der Waals surface area contributed by atoms with Gasteiger partial charge in [-0.15, -0.1) is 0 Å². The fourth-order valence-electron chi connectivity index (χ4n) is 1.94. The Bertz CT molecular complexity index is 512. The molecule has 1 aliphatic heterocycles. The van der Waals surface area contributed by atoms with Crippen LogP contribution < -0.4 is 0 Å². The van der Waals surface area contributed by atoms with E-state index in [0.717, 1.165) is 11.3 Å². The van der Waals surface area contributed by atoms with Crippen LogP contribution in [0.3, 0.4) is 0 Å². The van der Waals surface area contributed by atoms with Crippen LogP contribution in [0.5, 0.6) is 0 Å². The zero-order valence-corrected chi connectivity index (χ0v) is 9.77. The van der Waals surface area contributed by atoms with Crippen LogP contribution in [0.2, 0.25) is 0 Å². The Balaban J connectivity index is 1.71. The number of furan rings is 1. The average Bonchev–Trinajstić information content (AvgIpc) is 3.02. The molecule has 0 amide bonds. The van der Waals surface area contributed by atoms with Gasteiger partial charge in [0.25, 0.3) is 0 Å². The van der Waals surface area contributed by atoms with Crippen LogP contribution in [0.25, 0.3) is 0 Å². The molecule has 0 saturated carbocycles. The standard InChI is InChI=1S/C14H13FO3/c15-11-3-1-10(2-4-11)9-12-5-6-13(18-12)14-16-7-8-17-14/h1-6,14H,7-9H2. The third-order valence-electron chi connectivity index (χ3n) is 2.83. The van der Waals surface area contributed by atoms with Gasteiger partial charge in [-0.1, -0.05) is 12.1 Å². The van der Waals surface area contributed by atoms with Crippen LogP contribution >= 0.6 is 0 Å². The molecule has 1 aromatic carbocycles. The maximum absolute atomic E-state index is 12.8. The molecule has 1 aromatic heterocycles. The molecule has 0 radical (unpaired) electrons. The lowest BCUT2D eigenvalue weighted by Crippen LogP contribution is -1.95. The summed E-state index contributed by atoms with van der Waals surface area (Å²) in [7, 11) is 0. The van der Waals surface area contributed by atoms with Crippen molar-refractivity contribution in [1.29, 1.82) is 0 Å². The molecule has 1 fully saturated rings. The smallest absolute Gasteiger partial charge is 0.217 e. The Kier molecular flexibility index (Phi) is 3.13. The Morgan fingerprint density at radius 2 is 1.72 bits per heavy atom. The van der Waals surface area contributed by atoms with Gasteiger partial charge in [0.15, 0.2) is 5.76 Å². The molecule has 0 N–H and O–H groups in total. The molecular formula is C14H13FO3. The molecule has 0 bridgehead atoms. The molecule has 1 saturated heterocycles. The second kappa shape index (κ2) is 4.92. The summed E-state index contributed by atoms with van der Waals surface area (Å²) in [5, 5.41) is 0. The van der Waals surface area contributed by atoms with E-state index in [1.54, 1.807) is 12.1 Å². The molecule has 2 aromatic rings. The molecule has 3 rings (SSSR count). The highest BCUT2D eigenvalue weighted by Crippen LogP contribution is 2.25. The molecule has 0 unspecified atom stereocenters. The Morgan fingerprint density at radius 3 is 2.44 bits per heavy atom. The third kappa shape index (κ3) is 2.44. The van der Waals surface area contributed by atoms with Crippen molar-refractivity contribution in [3.63, 3.8) is 0 Å². The number of hydrogen-bond donors (Lipinski definition) is 0. The van der Waals surface area contributed by atoms with Gasteiger partial charge in [0.2, 0.25) is 6.29 Å². The van der Waals surface area contributed by atoms with Crippen molar-refractivity contribution in [1.82, 2.24) is 0 Å². The minimum absolute atomic E-state index is 0.230. The molecule has 1 aliphatic rings. The predicted molar refractivity (Wildman–Crippen MR) is 62.6 cm³/mol. The summed E-state index contributed by atoms with van der Waals surface area (Å²) in [4.78, 5) is 0. The van der Waals surface area contributed by atoms with Gasteiger partial charge in [-0.3, -0.25) is 0 Å². The monoisotopic (exact) mass is 248 g/mol. The Labute approximate surface area is 104 Å². The van der Waals surface area contributed by atoms with Crippen LogP contribution in [-0.4, -0.2) is 13.2 Å². The van der Waals surface area contributed by atoms with E-state index in [9.17, 15) is 4.39 Å². The molecule has 4 heteroatoms. The van der Waals surface area contributed by atoms with Crippen molar-refractivity contribution in [3.05, 3.63) is 59.3 Å². The number of rotatable bonds is 3. The van der Waals surface area contributed by atoms with Gasteiger partial charge < -0.3 is 13.9 Å². The molecule has 0 atom stereocenters. The van der Waals surface area contributed by atoms with Crippen LogP contribution in [0.4, 0.5) is 4.39 Å². The van der Waals surface area contributed by atoms with Crippen molar-refractivity contribution < 1.29 is 18.3 Å². The second-order valence-electron chi connectivity index (χ2n) is 4.18. The third-order valence-corrected chi connectivity index (χ3v) is 2.83. The molecule has 94 valence electrons. The van der Waals surface area contributed by atoms with Gasteiger partial charge >= 0.3 is 0 Å². The van der Waals surface area contributed by atoms with E-state index >= 15 is 0 Å². The van der Waals surface area contributed by atoms with Crippen LogP contribution in [0, 0.1) is 5.82 Å². The van der Waals surface area contributed by atoms with Gasteiger partial charge in [0.1, 0.15) is 11.6 Å². The fraction of sp³-hybridized carbons (Fsp3) is 0.286. The highest BCUT2D eigenvalue weighted by atomic mass is 19.1. The van der Waals surface area contributed by atoms with E-state index in [2.05, 4.69) is 0 Å². The van der Waals surface area contributed by atoms with Crippen LogP contribution in [-0.2, 0) is 15.9 Å². The summed E-state index contributed by atoms with van der Waals surface area (Å²) in [6, 6.07) is 10.1. The summed E-state index contributed by atoms with van der Waals surface area (Å²) in [5.74, 6) is 1.27. The second-order valence-corrected chi connectivity index (χ2v) is 4.18. The lowest BCUT2D eigenvalue weighted by Gasteiger charge is -2.04. The first-order valence-electron chi connectivity index (χ1n) is 5.87. The zero-order valence-electron chi connectivity index (χ0n) is 9.77. The fourth-order valence-corrected chi connectivity index (χ4v) is 1.94. The zero-order chi connectivity index (χ0) is 12.4. The van der Waals surface area contributed by atoms with E-state index in [1.165, 1.54) is 12.1 Å². The maximum atomic E-state index is 12.8. The molecule has 2 heterocycles. The quantitative estimate of drug-likeness (QED) is 0.836. The van der Waals surface area contributed by atoms with Crippen molar-refractivity contribution in [2.45, 2.75) is 12.7 Å². The average molecular weight is 248 g/mol. The summed E-state index contributed by atoms with van der Waals surface area (Å²) >= 11 is 0. The van der Waals surface area contributed by atoms with Crippen molar-refractivity contribution in [2.24, 2.45) is 0 Å². The van der Waals surface area contributed by atoms with Crippen molar-refractivity contribution in [3.8, 4) is 0 Å². The van der Waals surface area contributed by atoms with Gasteiger partial charge in [0, 0.05) is 6.42 Å². The number of ether oxygens (including phenoxy) is 2. The highest BCUT2D eigenvalue weighted by molar-refractivity contribution is 5.22. The summed E-state index contributed by atoms with van der Waals surface area (Å²) in [6.45, 7) is 1.19. The largest absolute Gasteiger partial charge is 0.460 e. The predicted octanol–water partition coefficient (Wildman–Crippen LogP) is 3.05. The minimum Gasteiger partial charge on any atom is -0.460 e. The topological polar surface area (TPSA) is 31.6 Å². The number of benzene rings is 1. The first-order valence-corrected chi connectivity index (χ1v) is 5.87. The van der Waals surface area contributed by atoms with Gasteiger partial charge in [0.05, 0.1) is 13.2 Å². The summed E-state index contributed by atoms with van der Waals surface area (Å²) < 4.78 is 29.1. The molecule has 3 nitrogen and oxygen atoms in total. The normalized spacial score (nSPS) is 16.3. The van der Waals surface area contributed by atoms with Gasteiger partial charge in [-0.2, -0.15) is 0 Å². The van der Waals surface area contributed by atoms with E-state index in [-0.39, 0.29) is 12.1 Å². The molecule has 18 heavy (non-hydrogen) atoms. The van der Waals surface area contributed by atoms with E-state index in [4.69, 9.17) is 13.9 Å². The maximum Gasteiger partial charge on any atom is 0.217 e. The summed E-state index contributed by atoms with van der Waals surface area (Å²) in [5.41, 5.74) is 1.01. The number of hydrogen-bond acceptors (Lipinski definition) is 3. The van der Waals surface area contributed by atoms with E-state index in [1.807, 2.05) is 12.1 Å². The molecular weight excluding hydrogens is 235 g/mol. The van der Waals surface area contributed by atoms with Crippen LogP contribution in [0.15, 0.2) is 40.8 Å². The SMILES string of the molecule is Fc1ccc(Cc2ccc(C3OCCO3)o2)cc1. The van der Waals surface area contributed by atoms with E-state index < -0.39 is 0 Å². The van der Waals surface area contributed by atoms with Crippen LogP contribution in [0.1, 0.15) is 23.4 Å². The van der Waals surface area contributed by atoms with Gasteiger partial charge in [-0.05, 0) is 29.8 Å². The van der Waals surface area contributed by atoms with Crippen molar-refractivity contribution in [2.75, 3.05) is 13.2 Å². The number of halogens is 1. The highest BCUT2D eigenvalue weighted by Gasteiger charge is 2.21. The summed E-state index contributed by atoms with van der Waals surface area (Å²) in [6.07, 6.45) is 0.250. The Hall–Kier alpha value is -1.65. The lowest BCUT2D eigenvalue weighted by atomic mass is 10.1.